The van der Waals surface area contributed by atoms with Crippen LogP contribution in [0.15, 0.2) is 28.7 Å². The Balaban J connectivity index is 2.26. The molecule has 0 saturated carbocycles. The van der Waals surface area contributed by atoms with Crippen molar-refractivity contribution in [1.29, 1.82) is 0 Å². The highest BCUT2D eigenvalue weighted by Gasteiger charge is 2.08. The maximum absolute atomic E-state index is 11.8. The highest BCUT2D eigenvalue weighted by Crippen LogP contribution is 2.16. The number of carbonyl (C=O) groups is 1. The lowest BCUT2D eigenvalue weighted by Gasteiger charge is -2.14. The van der Waals surface area contributed by atoms with Gasteiger partial charge in [-0.15, -0.1) is 0 Å². The average Bonchev–Trinajstić information content (AvgIpc) is 2.39. The van der Waals surface area contributed by atoms with Crippen LogP contribution in [0.1, 0.15) is 64.0 Å². The predicted octanol–water partition coefficient (Wildman–Crippen LogP) is 4.99. The minimum atomic E-state index is 0.0799. The summed E-state index contributed by atoms with van der Waals surface area (Å²) < 4.78 is 1.06. The number of rotatable bonds is 8. The fourth-order valence-electron chi connectivity index (χ4n) is 2.04. The highest BCUT2D eigenvalue weighted by molar-refractivity contribution is 9.10. The Bertz CT molecular complexity index is 375. The second kappa shape index (κ2) is 9.13. The molecule has 0 heterocycles. The number of unbranched alkanes of at least 4 members (excludes halogenated alkanes) is 4. The van der Waals surface area contributed by atoms with E-state index in [4.69, 9.17) is 0 Å². The normalized spacial score (nSPS) is 12.2. The third-order valence-corrected chi connectivity index (χ3v) is 3.78. The summed E-state index contributed by atoms with van der Waals surface area (Å²) in [5.74, 6) is 0.159. The molecule has 0 aromatic heterocycles. The number of carbonyl (C=O) groups excluding carboxylic acids is 1. The average molecular weight is 326 g/mol. The highest BCUT2D eigenvalue weighted by atomic mass is 79.9. The lowest BCUT2D eigenvalue weighted by Crippen LogP contribution is -2.26. The molecule has 1 aromatic rings. The van der Waals surface area contributed by atoms with Crippen molar-refractivity contribution in [1.82, 2.24) is 5.32 Å². The molecule has 106 valence electrons. The summed E-state index contributed by atoms with van der Waals surface area (Å²) in [7, 11) is 0. The first-order valence-corrected chi connectivity index (χ1v) is 7.97. The lowest BCUT2D eigenvalue weighted by atomic mass is 10.1. The number of hydrogen-bond acceptors (Lipinski definition) is 1. The van der Waals surface area contributed by atoms with Gasteiger partial charge in [-0.05, 0) is 31.0 Å². The number of halogens is 1. The maximum Gasteiger partial charge on any atom is 0.220 e. The van der Waals surface area contributed by atoms with Gasteiger partial charge < -0.3 is 5.32 Å². The minimum absolute atomic E-state index is 0.0799. The molecule has 19 heavy (non-hydrogen) atoms. The summed E-state index contributed by atoms with van der Waals surface area (Å²) >= 11 is 3.41. The zero-order chi connectivity index (χ0) is 14.1. The molecule has 0 saturated heterocycles. The van der Waals surface area contributed by atoms with Crippen molar-refractivity contribution >= 4 is 21.8 Å². The van der Waals surface area contributed by atoms with Gasteiger partial charge in [0.2, 0.25) is 5.91 Å². The Morgan fingerprint density at radius 2 is 1.79 bits per heavy atom. The van der Waals surface area contributed by atoms with E-state index in [1.807, 2.05) is 31.2 Å². The Labute approximate surface area is 125 Å². The standard InChI is InChI=1S/C16H24BrNO/c1-3-4-5-6-7-8-16(19)18-13(2)14-9-11-15(17)12-10-14/h9-13H,3-8H2,1-2H3,(H,18,19). The molecule has 2 nitrogen and oxygen atoms in total. The maximum atomic E-state index is 11.8. The molecular weight excluding hydrogens is 302 g/mol. The monoisotopic (exact) mass is 325 g/mol. The molecule has 0 fully saturated rings. The van der Waals surface area contributed by atoms with Gasteiger partial charge in [-0.25, -0.2) is 0 Å². The second-order valence-electron chi connectivity index (χ2n) is 5.00. The summed E-state index contributed by atoms with van der Waals surface area (Å²) in [5, 5.41) is 3.05. The number of benzene rings is 1. The van der Waals surface area contributed by atoms with E-state index in [-0.39, 0.29) is 11.9 Å². The third-order valence-electron chi connectivity index (χ3n) is 3.25. The minimum Gasteiger partial charge on any atom is -0.350 e. The van der Waals surface area contributed by atoms with E-state index < -0.39 is 0 Å². The van der Waals surface area contributed by atoms with Crippen LogP contribution in [0.3, 0.4) is 0 Å². The molecule has 0 radical (unpaired) electrons. The predicted molar refractivity (Wildman–Crippen MR) is 84.1 cm³/mol. The number of amides is 1. The molecule has 1 amide bonds. The molecule has 1 unspecified atom stereocenters. The molecule has 0 spiro atoms. The summed E-state index contributed by atoms with van der Waals surface area (Å²) in [6.07, 6.45) is 6.56. The van der Waals surface area contributed by atoms with E-state index in [9.17, 15) is 4.79 Å². The van der Waals surface area contributed by atoms with E-state index in [0.29, 0.717) is 6.42 Å². The Morgan fingerprint density at radius 1 is 1.16 bits per heavy atom. The van der Waals surface area contributed by atoms with Gasteiger partial charge in [0.1, 0.15) is 0 Å². The first kappa shape index (κ1) is 16.2. The van der Waals surface area contributed by atoms with Gasteiger partial charge in [-0.2, -0.15) is 0 Å². The molecule has 0 aliphatic rings. The molecule has 0 bridgehead atoms. The van der Waals surface area contributed by atoms with Crippen LogP contribution in [0.2, 0.25) is 0 Å². The van der Waals surface area contributed by atoms with Crippen LogP contribution < -0.4 is 5.32 Å². The Morgan fingerprint density at radius 3 is 2.42 bits per heavy atom. The van der Waals surface area contributed by atoms with Crippen molar-refractivity contribution in [3.8, 4) is 0 Å². The van der Waals surface area contributed by atoms with Crippen molar-refractivity contribution in [3.05, 3.63) is 34.3 Å². The quantitative estimate of drug-likeness (QED) is 0.670. The molecule has 1 rings (SSSR count). The first-order valence-electron chi connectivity index (χ1n) is 7.18. The molecule has 3 heteroatoms. The largest absolute Gasteiger partial charge is 0.350 e. The van der Waals surface area contributed by atoms with Gasteiger partial charge in [-0.1, -0.05) is 60.7 Å². The van der Waals surface area contributed by atoms with Crippen molar-refractivity contribution in [2.75, 3.05) is 0 Å². The van der Waals surface area contributed by atoms with E-state index in [2.05, 4.69) is 28.2 Å². The van der Waals surface area contributed by atoms with E-state index in [0.717, 1.165) is 22.9 Å². The van der Waals surface area contributed by atoms with Gasteiger partial charge in [0.15, 0.2) is 0 Å². The van der Waals surface area contributed by atoms with Gasteiger partial charge in [-0.3, -0.25) is 4.79 Å². The smallest absolute Gasteiger partial charge is 0.220 e. The van der Waals surface area contributed by atoms with Crippen LogP contribution in [0, 0.1) is 0 Å². The topological polar surface area (TPSA) is 29.1 Å². The van der Waals surface area contributed by atoms with Crippen molar-refractivity contribution < 1.29 is 4.79 Å². The Hall–Kier alpha value is -0.830. The third kappa shape index (κ3) is 6.76. The zero-order valence-corrected chi connectivity index (χ0v) is 13.5. The van der Waals surface area contributed by atoms with Crippen molar-refractivity contribution in [2.24, 2.45) is 0 Å². The molecule has 1 atom stereocenters. The van der Waals surface area contributed by atoms with E-state index in [1.54, 1.807) is 0 Å². The fourth-order valence-corrected chi connectivity index (χ4v) is 2.30. The van der Waals surface area contributed by atoms with E-state index in [1.165, 1.54) is 19.3 Å². The molecule has 1 N–H and O–H groups in total. The van der Waals surface area contributed by atoms with Crippen molar-refractivity contribution in [3.63, 3.8) is 0 Å². The lowest BCUT2D eigenvalue weighted by molar-refractivity contribution is -0.121. The van der Waals surface area contributed by atoms with Gasteiger partial charge in [0.05, 0.1) is 6.04 Å². The van der Waals surface area contributed by atoms with Crippen molar-refractivity contribution in [2.45, 2.75) is 58.4 Å². The van der Waals surface area contributed by atoms with Crippen LogP contribution in [-0.2, 0) is 4.79 Å². The van der Waals surface area contributed by atoms with Crippen LogP contribution in [-0.4, -0.2) is 5.91 Å². The zero-order valence-electron chi connectivity index (χ0n) is 11.9. The molecular formula is C16H24BrNO. The van der Waals surface area contributed by atoms with Crippen LogP contribution >= 0.6 is 15.9 Å². The molecule has 0 aliphatic heterocycles. The van der Waals surface area contributed by atoms with Crippen LogP contribution in [0.5, 0.6) is 0 Å². The number of hydrogen-bond donors (Lipinski definition) is 1. The Kier molecular flexibility index (Phi) is 7.80. The summed E-state index contributed by atoms with van der Waals surface area (Å²) in [4.78, 5) is 11.8. The van der Waals surface area contributed by atoms with Crippen LogP contribution in [0.4, 0.5) is 0 Å². The van der Waals surface area contributed by atoms with Gasteiger partial charge >= 0.3 is 0 Å². The first-order chi connectivity index (χ1) is 9.13. The van der Waals surface area contributed by atoms with Gasteiger partial charge in [0.25, 0.3) is 0 Å². The fraction of sp³-hybridized carbons (Fsp3) is 0.562. The molecule has 1 aromatic carbocycles. The number of nitrogens with one attached hydrogen (secondary N) is 1. The summed E-state index contributed by atoms with van der Waals surface area (Å²) in [6.45, 7) is 4.23. The van der Waals surface area contributed by atoms with E-state index >= 15 is 0 Å². The summed E-state index contributed by atoms with van der Waals surface area (Å²) in [6, 6.07) is 8.16. The summed E-state index contributed by atoms with van der Waals surface area (Å²) in [5.41, 5.74) is 1.14. The van der Waals surface area contributed by atoms with Gasteiger partial charge in [0, 0.05) is 10.9 Å². The molecule has 0 aliphatic carbocycles. The van der Waals surface area contributed by atoms with Crippen LogP contribution in [0.25, 0.3) is 0 Å². The SMILES string of the molecule is CCCCCCCC(=O)NC(C)c1ccc(Br)cc1. The second-order valence-corrected chi connectivity index (χ2v) is 5.92.